The van der Waals surface area contributed by atoms with Crippen LogP contribution in [0.25, 0.3) is 6.08 Å². The molecule has 1 aliphatic carbocycles. The van der Waals surface area contributed by atoms with Gasteiger partial charge in [-0.2, -0.15) is 5.26 Å². The van der Waals surface area contributed by atoms with Crippen LogP contribution in [0, 0.1) is 17.2 Å². The zero-order valence-corrected chi connectivity index (χ0v) is 19.7. The van der Waals surface area contributed by atoms with Gasteiger partial charge >= 0.3 is 6.09 Å². The molecule has 9 nitrogen and oxygen atoms in total. The van der Waals surface area contributed by atoms with Crippen LogP contribution in [0.3, 0.4) is 0 Å². The van der Waals surface area contributed by atoms with Gasteiger partial charge in [-0.3, -0.25) is 9.69 Å². The molecule has 0 bridgehead atoms. The van der Waals surface area contributed by atoms with Crippen molar-refractivity contribution in [1.82, 2.24) is 10.2 Å². The minimum atomic E-state index is -0.402. The number of thiophene rings is 1. The molecular formula is C24H28N4O5S. The number of fused-ring (bicyclic) bond motifs is 1. The number of nitrogens with zero attached hydrogens (tertiary/aromatic N) is 2. The first kappa shape index (κ1) is 24.0. The molecule has 1 fully saturated rings. The van der Waals surface area contributed by atoms with Crippen molar-refractivity contribution in [1.29, 1.82) is 5.26 Å². The molecule has 2 amide bonds. The molecule has 0 spiro atoms. The van der Waals surface area contributed by atoms with E-state index in [1.807, 2.05) is 0 Å². The first-order chi connectivity index (χ1) is 16.6. The molecule has 2 aromatic rings. The van der Waals surface area contributed by atoms with Crippen LogP contribution in [0.15, 0.2) is 29.1 Å². The van der Waals surface area contributed by atoms with Crippen molar-refractivity contribution in [3.8, 4) is 6.07 Å². The lowest BCUT2D eigenvalue weighted by Gasteiger charge is -2.26. The number of hydrogen-bond donors (Lipinski definition) is 2. The Labute approximate surface area is 202 Å². The first-order valence-electron chi connectivity index (χ1n) is 11.4. The van der Waals surface area contributed by atoms with Gasteiger partial charge in [-0.1, -0.05) is 0 Å². The smallest absolute Gasteiger partial charge is 0.407 e. The van der Waals surface area contributed by atoms with Gasteiger partial charge in [-0.15, -0.1) is 11.3 Å². The van der Waals surface area contributed by atoms with E-state index < -0.39 is 6.09 Å². The lowest BCUT2D eigenvalue weighted by molar-refractivity contribution is -0.111. The second-order valence-electron chi connectivity index (χ2n) is 8.29. The second-order valence-corrected chi connectivity index (χ2v) is 9.39. The van der Waals surface area contributed by atoms with Gasteiger partial charge in [0.2, 0.25) is 5.91 Å². The number of nitrogens with one attached hydrogen (secondary N) is 2. The Kier molecular flexibility index (Phi) is 8.36. The number of nitriles is 1. The van der Waals surface area contributed by atoms with Crippen LogP contribution in [0.2, 0.25) is 0 Å². The van der Waals surface area contributed by atoms with Crippen molar-refractivity contribution in [2.75, 3.05) is 51.3 Å². The minimum absolute atomic E-state index is 0.187. The summed E-state index contributed by atoms with van der Waals surface area (Å²) in [6, 6.07) is 3.99. The van der Waals surface area contributed by atoms with E-state index in [1.54, 1.807) is 18.4 Å². The number of carbonyl (C=O) groups excluding carboxylic acids is 2. The second kappa shape index (κ2) is 11.8. The summed E-state index contributed by atoms with van der Waals surface area (Å²) in [5.74, 6) is -0.114. The van der Waals surface area contributed by atoms with Crippen molar-refractivity contribution < 1.29 is 23.5 Å². The molecule has 4 rings (SSSR count). The van der Waals surface area contributed by atoms with E-state index in [1.165, 1.54) is 23.7 Å². The van der Waals surface area contributed by atoms with Gasteiger partial charge < -0.3 is 24.5 Å². The van der Waals surface area contributed by atoms with Gasteiger partial charge in [0.1, 0.15) is 11.1 Å². The number of morpholine rings is 1. The number of carbonyl (C=O) groups is 2. The van der Waals surface area contributed by atoms with E-state index in [2.05, 4.69) is 21.6 Å². The monoisotopic (exact) mass is 484 g/mol. The zero-order valence-electron chi connectivity index (χ0n) is 18.9. The summed E-state index contributed by atoms with van der Waals surface area (Å²) in [6.07, 6.45) is 8.01. The van der Waals surface area contributed by atoms with Crippen LogP contribution >= 0.6 is 11.3 Å². The highest BCUT2D eigenvalue weighted by Crippen LogP contribution is 2.39. The Balaban J connectivity index is 1.25. The molecule has 1 atom stereocenters. The van der Waals surface area contributed by atoms with Crippen molar-refractivity contribution in [2.24, 2.45) is 5.92 Å². The van der Waals surface area contributed by atoms with Crippen molar-refractivity contribution in [3.05, 3.63) is 46.2 Å². The fourth-order valence-corrected chi connectivity index (χ4v) is 5.40. The molecule has 1 saturated heterocycles. The number of hydrogen-bond acceptors (Lipinski definition) is 8. The topological polar surface area (TPSA) is 117 Å². The molecule has 10 heteroatoms. The third kappa shape index (κ3) is 6.47. The van der Waals surface area contributed by atoms with Gasteiger partial charge in [0.15, 0.2) is 0 Å². The van der Waals surface area contributed by atoms with Gasteiger partial charge in [-0.25, -0.2) is 4.79 Å². The average molecular weight is 485 g/mol. The highest BCUT2D eigenvalue weighted by Gasteiger charge is 2.27. The van der Waals surface area contributed by atoms with E-state index in [4.69, 9.17) is 13.9 Å². The molecular weight excluding hydrogens is 456 g/mol. The fourth-order valence-electron chi connectivity index (χ4n) is 4.08. The summed E-state index contributed by atoms with van der Waals surface area (Å²) in [5, 5.41) is 15.9. The van der Waals surface area contributed by atoms with Crippen molar-refractivity contribution in [3.63, 3.8) is 0 Å². The van der Waals surface area contributed by atoms with E-state index in [9.17, 15) is 14.9 Å². The molecule has 0 radical (unpaired) electrons. The van der Waals surface area contributed by atoms with Crippen LogP contribution in [0.5, 0.6) is 0 Å². The fraction of sp³-hybridized carbons (Fsp3) is 0.458. The molecule has 0 saturated carbocycles. The van der Waals surface area contributed by atoms with Gasteiger partial charge in [0, 0.05) is 42.7 Å². The highest BCUT2D eigenvalue weighted by atomic mass is 32.1. The van der Waals surface area contributed by atoms with E-state index in [0.29, 0.717) is 23.7 Å². The normalized spacial score (nSPS) is 18.3. The maximum absolute atomic E-state index is 12.3. The van der Waals surface area contributed by atoms with Crippen molar-refractivity contribution in [2.45, 2.75) is 19.3 Å². The lowest BCUT2D eigenvalue weighted by Crippen LogP contribution is -2.41. The third-order valence-electron chi connectivity index (χ3n) is 5.94. The van der Waals surface area contributed by atoms with Gasteiger partial charge in [-0.05, 0) is 42.9 Å². The zero-order chi connectivity index (χ0) is 23.8. The predicted octanol–water partition coefficient (Wildman–Crippen LogP) is 3.03. The summed E-state index contributed by atoms with van der Waals surface area (Å²) >= 11 is 1.43. The Hall–Kier alpha value is -3.13. The standard InChI is InChI=1S/C24H28N4O5S/c25-14-20-19-3-1-18(16-33-24(30)26-6-7-28-8-11-31-12-9-28)13-21(19)34-23(20)27-22(29)4-2-17-5-10-32-15-17/h2,4-5,10,15,18H,1,3,6-9,11-13,16H2,(H,26,30)(H,27,29). The average Bonchev–Trinajstić information content (AvgIpc) is 3.49. The Morgan fingerprint density at radius 2 is 2.21 bits per heavy atom. The molecule has 1 aliphatic heterocycles. The van der Waals surface area contributed by atoms with Crippen LogP contribution in [0.1, 0.15) is 28.0 Å². The Morgan fingerprint density at radius 1 is 1.35 bits per heavy atom. The Bertz CT molecular complexity index is 1050. The lowest BCUT2D eigenvalue weighted by atomic mass is 9.88. The molecule has 1 unspecified atom stereocenters. The molecule has 2 N–H and O–H groups in total. The maximum atomic E-state index is 12.3. The largest absolute Gasteiger partial charge is 0.472 e. The number of ether oxygens (including phenoxy) is 2. The van der Waals surface area contributed by atoms with Crippen LogP contribution < -0.4 is 10.6 Å². The summed E-state index contributed by atoms with van der Waals surface area (Å²) in [4.78, 5) is 27.7. The van der Waals surface area contributed by atoms with Crippen LogP contribution in [-0.4, -0.2) is 62.9 Å². The van der Waals surface area contributed by atoms with Gasteiger partial charge in [0.25, 0.3) is 0 Å². The third-order valence-corrected chi connectivity index (χ3v) is 7.11. The number of rotatable bonds is 8. The SMILES string of the molecule is N#Cc1c(NC(=O)C=Cc2ccoc2)sc2c1CCC(COC(=O)NCCN1CCOCC1)C2. The van der Waals surface area contributed by atoms with Crippen LogP contribution in [0.4, 0.5) is 9.80 Å². The molecule has 0 aromatic carbocycles. The van der Waals surface area contributed by atoms with E-state index >= 15 is 0 Å². The number of alkyl carbamates (subject to hydrolysis) is 1. The van der Waals surface area contributed by atoms with Crippen molar-refractivity contribution >= 4 is 34.4 Å². The van der Waals surface area contributed by atoms with E-state index in [-0.39, 0.29) is 11.8 Å². The van der Waals surface area contributed by atoms with Gasteiger partial charge in [0.05, 0.1) is 37.9 Å². The summed E-state index contributed by atoms with van der Waals surface area (Å²) in [5.41, 5.74) is 2.31. The highest BCUT2D eigenvalue weighted by molar-refractivity contribution is 7.16. The predicted molar refractivity (Wildman–Crippen MR) is 128 cm³/mol. The quantitative estimate of drug-likeness (QED) is 0.553. The molecule has 2 aliphatic rings. The first-order valence-corrected chi connectivity index (χ1v) is 12.2. The molecule has 3 heterocycles. The number of amides is 2. The maximum Gasteiger partial charge on any atom is 0.407 e. The summed E-state index contributed by atoms with van der Waals surface area (Å²) in [6.45, 7) is 4.89. The Morgan fingerprint density at radius 3 is 2.97 bits per heavy atom. The summed E-state index contributed by atoms with van der Waals surface area (Å²) < 4.78 is 15.7. The molecule has 34 heavy (non-hydrogen) atoms. The minimum Gasteiger partial charge on any atom is -0.472 e. The van der Waals surface area contributed by atoms with Crippen LogP contribution in [-0.2, 0) is 27.1 Å². The molecule has 2 aromatic heterocycles. The van der Waals surface area contributed by atoms with E-state index in [0.717, 1.165) is 68.1 Å². The number of anilines is 1. The number of furan rings is 1. The molecule has 180 valence electrons. The summed E-state index contributed by atoms with van der Waals surface area (Å²) in [7, 11) is 0.